The van der Waals surface area contributed by atoms with Crippen molar-refractivity contribution < 1.29 is 40.6 Å². The maximum absolute atomic E-state index is 14.0. The van der Waals surface area contributed by atoms with E-state index in [1.807, 2.05) is 30.3 Å². The molecule has 2 aromatic carbocycles. The van der Waals surface area contributed by atoms with Crippen molar-refractivity contribution in [3.8, 4) is 11.3 Å². The van der Waals surface area contributed by atoms with Crippen LogP contribution in [0.2, 0.25) is 0 Å². The largest absolute Gasteiger partial charge is 0.417 e. The highest BCUT2D eigenvalue weighted by atomic mass is 19.4. The SMILES string of the molecule is COC(c1ccccc1)C(C)NC(=O)c1cc(-c2cc(C(F)(F)F)ccc2C(F)(F)F)n(C[C@H]2CCCO2)c1C. The minimum absolute atomic E-state index is 0.0493. The molecule has 3 aromatic rings. The van der Waals surface area contributed by atoms with Gasteiger partial charge >= 0.3 is 12.4 Å². The van der Waals surface area contributed by atoms with E-state index in [4.69, 9.17) is 9.47 Å². The Morgan fingerprint density at radius 2 is 1.77 bits per heavy atom. The summed E-state index contributed by atoms with van der Waals surface area (Å²) in [7, 11) is 1.49. The van der Waals surface area contributed by atoms with E-state index in [2.05, 4.69) is 5.32 Å². The Morgan fingerprint density at radius 3 is 2.35 bits per heavy atom. The number of carbonyl (C=O) groups is 1. The molecule has 2 unspecified atom stereocenters. The van der Waals surface area contributed by atoms with Crippen molar-refractivity contribution >= 4 is 5.91 Å². The van der Waals surface area contributed by atoms with Crippen LogP contribution in [-0.4, -0.2) is 36.3 Å². The zero-order chi connectivity index (χ0) is 29.2. The van der Waals surface area contributed by atoms with Crippen LogP contribution < -0.4 is 5.32 Å². The van der Waals surface area contributed by atoms with Crippen molar-refractivity contribution in [2.75, 3.05) is 13.7 Å². The number of hydrogen-bond acceptors (Lipinski definition) is 3. The molecule has 5 nitrogen and oxygen atoms in total. The molecule has 1 fully saturated rings. The third-order valence-corrected chi connectivity index (χ3v) is 7.14. The number of carbonyl (C=O) groups excluding carboxylic acids is 1. The number of alkyl halides is 6. The van der Waals surface area contributed by atoms with Crippen molar-refractivity contribution in [2.45, 2.75) is 63.8 Å². The molecule has 1 N–H and O–H groups in total. The Kier molecular flexibility index (Phi) is 8.65. The zero-order valence-electron chi connectivity index (χ0n) is 22.2. The van der Waals surface area contributed by atoms with E-state index in [1.165, 1.54) is 17.7 Å². The quantitative estimate of drug-likeness (QED) is 0.293. The summed E-state index contributed by atoms with van der Waals surface area (Å²) in [6.45, 7) is 3.85. The third kappa shape index (κ3) is 6.36. The van der Waals surface area contributed by atoms with E-state index < -0.39 is 47.1 Å². The van der Waals surface area contributed by atoms with E-state index in [9.17, 15) is 31.1 Å². The van der Waals surface area contributed by atoms with Crippen LogP contribution in [0.25, 0.3) is 11.3 Å². The molecule has 40 heavy (non-hydrogen) atoms. The molecular weight excluding hydrogens is 538 g/mol. The fourth-order valence-corrected chi connectivity index (χ4v) is 5.14. The Labute approximate surface area is 228 Å². The molecule has 2 heterocycles. The maximum Gasteiger partial charge on any atom is 0.417 e. The van der Waals surface area contributed by atoms with Crippen molar-refractivity contribution in [1.82, 2.24) is 9.88 Å². The van der Waals surface area contributed by atoms with Gasteiger partial charge in [0.15, 0.2) is 0 Å². The van der Waals surface area contributed by atoms with Gasteiger partial charge in [0.1, 0.15) is 6.10 Å². The first kappa shape index (κ1) is 29.7. The molecule has 0 bridgehead atoms. The minimum Gasteiger partial charge on any atom is -0.376 e. The van der Waals surface area contributed by atoms with E-state index in [-0.39, 0.29) is 23.9 Å². The highest BCUT2D eigenvalue weighted by Crippen LogP contribution is 2.42. The molecule has 0 spiro atoms. The molecule has 0 saturated carbocycles. The van der Waals surface area contributed by atoms with Crippen LogP contribution in [0.4, 0.5) is 26.3 Å². The zero-order valence-corrected chi connectivity index (χ0v) is 22.2. The van der Waals surface area contributed by atoms with Crippen molar-refractivity contribution in [3.63, 3.8) is 0 Å². The standard InChI is InChI=1S/C29H30F6N2O3/c1-17(26(39-3)19-8-5-4-6-9-19)36-27(38)22-15-25(37(18(22)2)16-21-10-7-13-40-21)23-14-20(28(30,31)32)11-12-24(23)29(33,34)35/h4-6,8-9,11-12,14-15,17,21,26H,7,10,13,16H2,1-3H3,(H,36,38)/t17?,21-,26?/m1/s1. The number of halogens is 6. The summed E-state index contributed by atoms with van der Waals surface area (Å²) in [6, 6.07) is 11.2. The third-order valence-electron chi connectivity index (χ3n) is 7.14. The number of ether oxygens (including phenoxy) is 2. The van der Waals surface area contributed by atoms with Gasteiger partial charge in [0.05, 0.1) is 28.8 Å². The van der Waals surface area contributed by atoms with Crippen LogP contribution in [0.3, 0.4) is 0 Å². The summed E-state index contributed by atoms with van der Waals surface area (Å²) in [5, 5.41) is 2.84. The van der Waals surface area contributed by atoms with Crippen molar-refractivity contribution in [1.29, 1.82) is 0 Å². The topological polar surface area (TPSA) is 52.5 Å². The second kappa shape index (κ2) is 11.7. The van der Waals surface area contributed by atoms with Crippen LogP contribution >= 0.6 is 0 Å². The maximum atomic E-state index is 14.0. The number of methoxy groups -OCH3 is 1. The van der Waals surface area contributed by atoms with Gasteiger partial charge in [0.25, 0.3) is 5.91 Å². The number of nitrogens with one attached hydrogen (secondary N) is 1. The predicted octanol–water partition coefficient (Wildman–Crippen LogP) is 7.19. The van der Waals surface area contributed by atoms with Gasteiger partial charge in [-0.1, -0.05) is 30.3 Å². The van der Waals surface area contributed by atoms with Gasteiger partial charge in [-0.05, 0) is 56.5 Å². The van der Waals surface area contributed by atoms with Crippen LogP contribution in [-0.2, 0) is 28.4 Å². The average Bonchev–Trinajstić information content (AvgIpc) is 3.52. The lowest BCUT2D eigenvalue weighted by Gasteiger charge is -2.24. The Hall–Kier alpha value is -3.31. The van der Waals surface area contributed by atoms with Gasteiger partial charge in [0.2, 0.25) is 0 Å². The monoisotopic (exact) mass is 568 g/mol. The fraction of sp³-hybridized carbons (Fsp3) is 0.414. The second-order valence-corrected chi connectivity index (χ2v) is 9.86. The van der Waals surface area contributed by atoms with Gasteiger partial charge in [-0.3, -0.25) is 4.79 Å². The number of hydrogen-bond donors (Lipinski definition) is 1. The Morgan fingerprint density at radius 1 is 1.07 bits per heavy atom. The lowest BCUT2D eigenvalue weighted by molar-refractivity contribution is -0.141. The van der Waals surface area contributed by atoms with E-state index in [0.29, 0.717) is 36.9 Å². The summed E-state index contributed by atoms with van der Waals surface area (Å²) in [4.78, 5) is 13.5. The molecule has 0 radical (unpaired) electrons. The summed E-state index contributed by atoms with van der Waals surface area (Å²) in [5.41, 5.74) is -2.07. The smallest absolute Gasteiger partial charge is 0.376 e. The first-order valence-corrected chi connectivity index (χ1v) is 12.8. The Balaban J connectivity index is 1.79. The summed E-state index contributed by atoms with van der Waals surface area (Å²) in [5.74, 6) is -0.587. The minimum atomic E-state index is -4.93. The molecule has 4 rings (SSSR count). The van der Waals surface area contributed by atoms with Crippen LogP contribution in [0.5, 0.6) is 0 Å². The molecule has 1 aliphatic rings. The molecule has 1 saturated heterocycles. The number of nitrogens with zero attached hydrogens (tertiary/aromatic N) is 1. The van der Waals surface area contributed by atoms with Gasteiger partial charge in [-0.2, -0.15) is 26.3 Å². The van der Waals surface area contributed by atoms with Crippen LogP contribution in [0.1, 0.15) is 58.6 Å². The summed E-state index contributed by atoms with van der Waals surface area (Å²) in [6.07, 6.45) is -9.26. The van der Waals surface area contributed by atoms with E-state index in [0.717, 1.165) is 12.0 Å². The lowest BCUT2D eigenvalue weighted by atomic mass is 9.99. The normalized spacial score (nSPS) is 17.6. The van der Waals surface area contributed by atoms with Crippen molar-refractivity contribution in [2.24, 2.45) is 0 Å². The Bertz CT molecular complexity index is 1330. The number of amides is 1. The molecule has 3 atom stereocenters. The second-order valence-electron chi connectivity index (χ2n) is 9.86. The average molecular weight is 569 g/mol. The van der Waals surface area contributed by atoms with E-state index >= 15 is 0 Å². The summed E-state index contributed by atoms with van der Waals surface area (Å²) >= 11 is 0. The van der Waals surface area contributed by atoms with Crippen molar-refractivity contribution in [3.05, 3.63) is 82.5 Å². The van der Waals surface area contributed by atoms with Gasteiger partial charge in [-0.15, -0.1) is 0 Å². The van der Waals surface area contributed by atoms with Gasteiger partial charge < -0.3 is 19.4 Å². The number of benzene rings is 2. The lowest BCUT2D eigenvalue weighted by Crippen LogP contribution is -2.38. The van der Waals surface area contributed by atoms with Gasteiger partial charge in [0, 0.05) is 37.2 Å². The molecule has 0 aliphatic carbocycles. The molecule has 1 aliphatic heterocycles. The molecule has 1 amide bonds. The first-order chi connectivity index (χ1) is 18.8. The number of rotatable bonds is 8. The van der Waals surface area contributed by atoms with Gasteiger partial charge in [-0.25, -0.2) is 0 Å². The van der Waals surface area contributed by atoms with Crippen LogP contribution in [0, 0.1) is 6.92 Å². The highest BCUT2D eigenvalue weighted by Gasteiger charge is 2.39. The molecule has 1 aromatic heterocycles. The molecular formula is C29H30F6N2O3. The predicted molar refractivity (Wildman–Crippen MR) is 137 cm³/mol. The highest BCUT2D eigenvalue weighted by molar-refractivity contribution is 5.97. The number of aromatic nitrogens is 1. The fourth-order valence-electron chi connectivity index (χ4n) is 5.14. The molecule has 216 valence electrons. The molecule has 11 heteroatoms. The van der Waals surface area contributed by atoms with E-state index in [1.54, 1.807) is 13.8 Å². The first-order valence-electron chi connectivity index (χ1n) is 12.8. The van der Waals surface area contributed by atoms with Crippen LogP contribution in [0.15, 0.2) is 54.6 Å². The summed E-state index contributed by atoms with van der Waals surface area (Å²) < 4.78 is 95.4.